The summed E-state index contributed by atoms with van der Waals surface area (Å²) in [4.78, 5) is 16.6. The van der Waals surface area contributed by atoms with Crippen molar-refractivity contribution in [2.75, 3.05) is 19.5 Å². The molecule has 0 fully saturated rings. The highest BCUT2D eigenvalue weighted by molar-refractivity contribution is 7.21. The van der Waals surface area contributed by atoms with Crippen molar-refractivity contribution in [2.24, 2.45) is 5.73 Å². The number of carbonyl (C=O) groups is 1. The molecule has 6 nitrogen and oxygen atoms in total. The van der Waals surface area contributed by atoms with Crippen LogP contribution in [0.3, 0.4) is 0 Å². The molecule has 3 rings (SSSR count). The van der Waals surface area contributed by atoms with Crippen molar-refractivity contribution in [1.82, 2.24) is 4.98 Å². The minimum atomic E-state index is -0.566. The fourth-order valence-electron chi connectivity index (χ4n) is 2.36. The zero-order valence-electron chi connectivity index (χ0n) is 13.1. The maximum absolute atomic E-state index is 11.5. The summed E-state index contributed by atoms with van der Waals surface area (Å²) in [6.07, 6.45) is 2.46. The Labute approximate surface area is 143 Å². The van der Waals surface area contributed by atoms with E-state index in [0.29, 0.717) is 38.9 Å². The van der Waals surface area contributed by atoms with Crippen LogP contribution in [0, 0.1) is 0 Å². The van der Waals surface area contributed by atoms with Gasteiger partial charge in [-0.25, -0.2) is 4.98 Å². The second kappa shape index (κ2) is 6.86. The molecular weight excluding hydrogens is 326 g/mol. The van der Waals surface area contributed by atoms with E-state index >= 15 is 0 Å². The number of methoxy groups -OCH3 is 1. The molecule has 2 aromatic heterocycles. The van der Waals surface area contributed by atoms with Gasteiger partial charge in [0.1, 0.15) is 21.2 Å². The van der Waals surface area contributed by atoms with Gasteiger partial charge in [0.15, 0.2) is 0 Å². The SMILES string of the molecule is COCCc1ccc(Oc2ccnc3sc(C(N)=O)c(N)c23)cc1. The second-order valence-corrected chi connectivity index (χ2v) is 6.19. The normalized spacial score (nSPS) is 10.9. The zero-order chi connectivity index (χ0) is 17.1. The van der Waals surface area contributed by atoms with E-state index < -0.39 is 5.91 Å². The van der Waals surface area contributed by atoms with Gasteiger partial charge in [-0.3, -0.25) is 4.79 Å². The minimum Gasteiger partial charge on any atom is -0.456 e. The predicted molar refractivity (Wildman–Crippen MR) is 94.6 cm³/mol. The third kappa shape index (κ3) is 3.17. The lowest BCUT2D eigenvalue weighted by Crippen LogP contribution is -2.10. The van der Waals surface area contributed by atoms with Gasteiger partial charge in [-0.1, -0.05) is 12.1 Å². The van der Waals surface area contributed by atoms with Gasteiger partial charge in [-0.05, 0) is 30.2 Å². The van der Waals surface area contributed by atoms with E-state index in [1.165, 1.54) is 0 Å². The fourth-order valence-corrected chi connectivity index (χ4v) is 3.29. The number of anilines is 1. The maximum Gasteiger partial charge on any atom is 0.260 e. The monoisotopic (exact) mass is 343 g/mol. The Balaban J connectivity index is 1.91. The lowest BCUT2D eigenvalue weighted by molar-refractivity contribution is 0.100. The number of benzene rings is 1. The largest absolute Gasteiger partial charge is 0.456 e. The van der Waals surface area contributed by atoms with Gasteiger partial charge in [0.05, 0.1) is 17.7 Å². The topological polar surface area (TPSA) is 100 Å². The first-order valence-corrected chi connectivity index (χ1v) is 8.14. The molecule has 0 saturated heterocycles. The molecule has 0 unspecified atom stereocenters. The van der Waals surface area contributed by atoms with Crippen LogP contribution in [0.1, 0.15) is 15.2 Å². The van der Waals surface area contributed by atoms with Crippen LogP contribution in [0.25, 0.3) is 10.2 Å². The van der Waals surface area contributed by atoms with Crippen LogP contribution >= 0.6 is 11.3 Å². The molecule has 124 valence electrons. The number of hydrogen-bond donors (Lipinski definition) is 2. The average molecular weight is 343 g/mol. The lowest BCUT2D eigenvalue weighted by atomic mass is 10.1. The number of rotatable bonds is 6. The Hall–Kier alpha value is -2.64. The van der Waals surface area contributed by atoms with Gasteiger partial charge in [-0.2, -0.15) is 0 Å². The first-order chi connectivity index (χ1) is 11.6. The van der Waals surface area contributed by atoms with Crippen molar-refractivity contribution < 1.29 is 14.3 Å². The lowest BCUT2D eigenvalue weighted by Gasteiger charge is -2.08. The third-order valence-corrected chi connectivity index (χ3v) is 4.69. The molecule has 0 saturated carbocycles. The summed E-state index contributed by atoms with van der Waals surface area (Å²) in [6, 6.07) is 9.45. The summed E-state index contributed by atoms with van der Waals surface area (Å²) in [5.41, 5.74) is 12.9. The van der Waals surface area contributed by atoms with Crippen molar-refractivity contribution in [3.63, 3.8) is 0 Å². The van der Waals surface area contributed by atoms with Crippen LogP contribution < -0.4 is 16.2 Å². The Kier molecular flexibility index (Phi) is 4.64. The van der Waals surface area contributed by atoms with Gasteiger partial charge in [0, 0.05) is 13.3 Å². The summed E-state index contributed by atoms with van der Waals surface area (Å²) in [5.74, 6) is 0.657. The molecule has 3 aromatic rings. The Morgan fingerprint density at radius 1 is 1.25 bits per heavy atom. The number of thiophene rings is 1. The number of nitrogens with zero attached hydrogens (tertiary/aromatic N) is 1. The van der Waals surface area contributed by atoms with E-state index in [1.807, 2.05) is 24.3 Å². The number of aromatic nitrogens is 1. The Morgan fingerprint density at radius 3 is 2.67 bits per heavy atom. The molecule has 0 bridgehead atoms. The van der Waals surface area contributed by atoms with Crippen molar-refractivity contribution in [1.29, 1.82) is 0 Å². The molecule has 0 atom stereocenters. The van der Waals surface area contributed by atoms with Crippen molar-refractivity contribution in [3.05, 3.63) is 47.0 Å². The van der Waals surface area contributed by atoms with Crippen molar-refractivity contribution in [3.8, 4) is 11.5 Å². The van der Waals surface area contributed by atoms with Gasteiger partial charge in [0.2, 0.25) is 0 Å². The molecule has 2 heterocycles. The summed E-state index contributed by atoms with van der Waals surface area (Å²) < 4.78 is 11.0. The third-order valence-electron chi connectivity index (χ3n) is 3.56. The Bertz CT molecular complexity index is 875. The fraction of sp³-hybridized carbons (Fsp3) is 0.176. The van der Waals surface area contributed by atoms with Gasteiger partial charge < -0.3 is 20.9 Å². The van der Waals surface area contributed by atoms with E-state index in [2.05, 4.69) is 4.98 Å². The van der Waals surface area contributed by atoms with E-state index in [9.17, 15) is 4.79 Å². The van der Waals surface area contributed by atoms with Crippen molar-refractivity contribution in [2.45, 2.75) is 6.42 Å². The molecule has 0 spiro atoms. The molecule has 1 aromatic carbocycles. The zero-order valence-corrected chi connectivity index (χ0v) is 13.9. The number of hydrogen-bond acceptors (Lipinski definition) is 6. The molecule has 24 heavy (non-hydrogen) atoms. The van der Waals surface area contributed by atoms with Crippen molar-refractivity contribution >= 4 is 33.1 Å². The van der Waals surface area contributed by atoms with Crippen LogP contribution in [-0.4, -0.2) is 24.6 Å². The predicted octanol–water partition coefficient (Wildman–Crippen LogP) is 2.96. The van der Waals surface area contributed by atoms with Gasteiger partial charge in [0.25, 0.3) is 5.91 Å². The number of fused-ring (bicyclic) bond motifs is 1. The smallest absolute Gasteiger partial charge is 0.260 e. The van der Waals surface area contributed by atoms with Crippen LogP contribution in [0.4, 0.5) is 5.69 Å². The maximum atomic E-state index is 11.5. The number of amides is 1. The second-order valence-electron chi connectivity index (χ2n) is 5.19. The molecular formula is C17H17N3O3S. The minimum absolute atomic E-state index is 0.295. The number of primary amides is 1. The first kappa shape index (κ1) is 16.2. The number of ether oxygens (including phenoxy) is 2. The van der Waals surface area contributed by atoms with E-state index in [-0.39, 0.29) is 0 Å². The molecule has 0 aliphatic rings. The summed E-state index contributed by atoms with van der Waals surface area (Å²) in [6.45, 7) is 0.673. The van der Waals surface area contributed by atoms with E-state index in [1.54, 1.807) is 19.4 Å². The quantitative estimate of drug-likeness (QED) is 0.716. The number of nitrogen functional groups attached to an aromatic ring is 1. The van der Waals surface area contributed by atoms with Gasteiger partial charge >= 0.3 is 0 Å². The highest BCUT2D eigenvalue weighted by atomic mass is 32.1. The molecule has 0 radical (unpaired) electrons. The van der Waals surface area contributed by atoms with Gasteiger partial charge in [-0.15, -0.1) is 11.3 Å². The standard InChI is InChI=1S/C17H17N3O3S/c1-22-9-7-10-2-4-11(5-3-10)23-12-6-8-20-17-13(12)14(18)15(24-17)16(19)21/h2-6,8H,7,9,18H2,1H3,(H2,19,21). The average Bonchev–Trinajstić information content (AvgIpc) is 2.92. The first-order valence-electron chi connectivity index (χ1n) is 7.32. The number of pyridine rings is 1. The van der Waals surface area contributed by atoms with E-state index in [0.717, 1.165) is 23.3 Å². The molecule has 7 heteroatoms. The molecule has 1 amide bonds. The number of carbonyl (C=O) groups excluding carboxylic acids is 1. The molecule has 4 N–H and O–H groups in total. The Morgan fingerprint density at radius 2 is 2.00 bits per heavy atom. The highest BCUT2D eigenvalue weighted by Gasteiger charge is 2.18. The van der Waals surface area contributed by atoms with Crippen LogP contribution in [0.5, 0.6) is 11.5 Å². The van der Waals surface area contributed by atoms with Crippen LogP contribution in [-0.2, 0) is 11.2 Å². The van der Waals surface area contributed by atoms with Crippen LogP contribution in [0.2, 0.25) is 0 Å². The van der Waals surface area contributed by atoms with Crippen LogP contribution in [0.15, 0.2) is 36.5 Å². The molecule has 0 aliphatic carbocycles. The highest BCUT2D eigenvalue weighted by Crippen LogP contribution is 2.39. The summed E-state index contributed by atoms with van der Waals surface area (Å²) in [7, 11) is 1.68. The molecule has 0 aliphatic heterocycles. The van der Waals surface area contributed by atoms with E-state index in [4.69, 9.17) is 20.9 Å². The summed E-state index contributed by atoms with van der Waals surface area (Å²) >= 11 is 1.16. The number of nitrogens with two attached hydrogens (primary N) is 2. The summed E-state index contributed by atoms with van der Waals surface area (Å²) in [5, 5.41) is 0.611.